The minimum Gasteiger partial charge on any atom is -0.507 e. The molecule has 2 nitrogen and oxygen atoms in total. The molecule has 16 heavy (non-hydrogen) atoms. The summed E-state index contributed by atoms with van der Waals surface area (Å²) in [5, 5.41) is 10.2. The van der Waals surface area contributed by atoms with Crippen molar-refractivity contribution in [1.29, 1.82) is 0 Å². The molecular formula is C14H23NO. The minimum absolute atomic E-state index is 0.0566. The largest absolute Gasteiger partial charge is 0.507 e. The van der Waals surface area contributed by atoms with Crippen LogP contribution in [0.2, 0.25) is 0 Å². The highest BCUT2D eigenvalue weighted by Crippen LogP contribution is 2.36. The highest BCUT2D eigenvalue weighted by molar-refractivity contribution is 5.48. The monoisotopic (exact) mass is 221 g/mol. The third kappa shape index (κ3) is 2.56. The lowest BCUT2D eigenvalue weighted by Crippen LogP contribution is -2.15. The van der Waals surface area contributed by atoms with Crippen molar-refractivity contribution in [3.05, 3.63) is 28.8 Å². The molecule has 0 amide bonds. The van der Waals surface area contributed by atoms with E-state index in [2.05, 4.69) is 33.8 Å². The molecule has 0 heterocycles. The van der Waals surface area contributed by atoms with Gasteiger partial charge in [-0.1, -0.05) is 39.8 Å². The molecule has 0 spiro atoms. The number of hydrogen-bond donors (Lipinski definition) is 2. The topological polar surface area (TPSA) is 46.2 Å². The number of hydrogen-bond acceptors (Lipinski definition) is 2. The van der Waals surface area contributed by atoms with Crippen LogP contribution in [-0.4, -0.2) is 5.11 Å². The summed E-state index contributed by atoms with van der Waals surface area (Å²) in [5.74, 6) is 0.361. The van der Waals surface area contributed by atoms with E-state index in [0.29, 0.717) is 5.75 Å². The highest BCUT2D eigenvalue weighted by atomic mass is 16.3. The second-order valence-electron chi connectivity index (χ2n) is 5.47. The molecule has 0 aliphatic rings. The number of benzene rings is 1. The van der Waals surface area contributed by atoms with Crippen LogP contribution in [0.5, 0.6) is 5.75 Å². The second-order valence-corrected chi connectivity index (χ2v) is 5.47. The molecular weight excluding hydrogens is 198 g/mol. The average Bonchev–Trinajstić information content (AvgIpc) is 2.15. The minimum atomic E-state index is -0.132. The van der Waals surface area contributed by atoms with E-state index in [1.165, 1.54) is 5.56 Å². The van der Waals surface area contributed by atoms with Crippen molar-refractivity contribution in [2.75, 3.05) is 0 Å². The van der Waals surface area contributed by atoms with Gasteiger partial charge in [0.2, 0.25) is 0 Å². The van der Waals surface area contributed by atoms with Gasteiger partial charge >= 0.3 is 0 Å². The predicted molar refractivity (Wildman–Crippen MR) is 68.8 cm³/mol. The van der Waals surface area contributed by atoms with Gasteiger partial charge in [-0.05, 0) is 29.9 Å². The number of rotatable bonds is 2. The van der Waals surface area contributed by atoms with Crippen molar-refractivity contribution in [2.45, 2.75) is 52.5 Å². The first-order valence-electron chi connectivity index (χ1n) is 5.89. The van der Waals surface area contributed by atoms with E-state index < -0.39 is 0 Å². The molecule has 1 aromatic carbocycles. The molecule has 1 rings (SSSR count). The Morgan fingerprint density at radius 2 is 1.88 bits per heavy atom. The maximum atomic E-state index is 10.2. The van der Waals surface area contributed by atoms with Crippen LogP contribution in [0.1, 0.15) is 57.4 Å². The van der Waals surface area contributed by atoms with Crippen molar-refractivity contribution >= 4 is 0 Å². The number of aryl methyl sites for hydroxylation is 1. The van der Waals surface area contributed by atoms with E-state index in [1.54, 1.807) is 0 Å². The Balaban J connectivity index is 3.44. The maximum Gasteiger partial charge on any atom is 0.124 e. The quantitative estimate of drug-likeness (QED) is 0.805. The summed E-state index contributed by atoms with van der Waals surface area (Å²) < 4.78 is 0. The summed E-state index contributed by atoms with van der Waals surface area (Å²) >= 11 is 0. The van der Waals surface area contributed by atoms with E-state index in [1.807, 2.05) is 13.0 Å². The molecule has 0 fully saturated rings. The standard InChI is InChI=1S/C14H23NO/c1-6-10-7-11(9(2)15)13(16)12(8-10)14(3,4)5/h7-9,16H,6,15H2,1-5H3. The third-order valence-corrected chi connectivity index (χ3v) is 2.91. The van der Waals surface area contributed by atoms with Crippen molar-refractivity contribution in [2.24, 2.45) is 5.73 Å². The van der Waals surface area contributed by atoms with Gasteiger partial charge in [0.05, 0.1) is 0 Å². The van der Waals surface area contributed by atoms with Crippen molar-refractivity contribution in [3.8, 4) is 5.75 Å². The Morgan fingerprint density at radius 3 is 2.25 bits per heavy atom. The first-order valence-corrected chi connectivity index (χ1v) is 5.89. The van der Waals surface area contributed by atoms with Crippen LogP contribution in [0.3, 0.4) is 0 Å². The van der Waals surface area contributed by atoms with Crippen LogP contribution in [0.25, 0.3) is 0 Å². The van der Waals surface area contributed by atoms with E-state index in [-0.39, 0.29) is 11.5 Å². The van der Waals surface area contributed by atoms with Crippen LogP contribution < -0.4 is 5.73 Å². The fourth-order valence-corrected chi connectivity index (χ4v) is 1.84. The van der Waals surface area contributed by atoms with Crippen LogP contribution in [0.15, 0.2) is 12.1 Å². The average molecular weight is 221 g/mol. The molecule has 2 heteroatoms. The van der Waals surface area contributed by atoms with Crippen LogP contribution in [0.4, 0.5) is 0 Å². The van der Waals surface area contributed by atoms with Crippen molar-refractivity contribution in [1.82, 2.24) is 0 Å². The van der Waals surface area contributed by atoms with Gasteiger partial charge in [-0.2, -0.15) is 0 Å². The van der Waals surface area contributed by atoms with Crippen LogP contribution in [-0.2, 0) is 11.8 Å². The molecule has 1 aromatic rings. The number of phenolic OH excluding ortho intramolecular Hbond substituents is 1. The molecule has 0 aliphatic heterocycles. The lowest BCUT2D eigenvalue weighted by molar-refractivity contribution is 0.436. The molecule has 3 N–H and O–H groups in total. The zero-order valence-corrected chi connectivity index (χ0v) is 11.0. The molecule has 1 unspecified atom stereocenters. The van der Waals surface area contributed by atoms with E-state index in [4.69, 9.17) is 5.73 Å². The number of phenols is 1. The fourth-order valence-electron chi connectivity index (χ4n) is 1.84. The van der Waals surface area contributed by atoms with Gasteiger partial charge in [0, 0.05) is 11.6 Å². The van der Waals surface area contributed by atoms with Gasteiger partial charge in [-0.15, -0.1) is 0 Å². The van der Waals surface area contributed by atoms with Gasteiger partial charge in [-0.3, -0.25) is 0 Å². The zero-order chi connectivity index (χ0) is 12.5. The fraction of sp³-hybridized carbons (Fsp3) is 0.571. The van der Waals surface area contributed by atoms with E-state index >= 15 is 0 Å². The van der Waals surface area contributed by atoms with Gasteiger partial charge in [0.1, 0.15) is 5.75 Å². The first kappa shape index (κ1) is 13.0. The summed E-state index contributed by atoms with van der Waals surface area (Å²) in [6.07, 6.45) is 0.961. The molecule has 90 valence electrons. The zero-order valence-electron chi connectivity index (χ0n) is 11.0. The normalized spacial score (nSPS) is 13.9. The van der Waals surface area contributed by atoms with Crippen molar-refractivity contribution in [3.63, 3.8) is 0 Å². The predicted octanol–water partition coefficient (Wildman–Crippen LogP) is 3.27. The van der Waals surface area contributed by atoms with Gasteiger partial charge in [0.15, 0.2) is 0 Å². The summed E-state index contributed by atoms with van der Waals surface area (Å²) in [4.78, 5) is 0. The SMILES string of the molecule is CCc1cc(C(C)N)c(O)c(C(C)(C)C)c1. The number of aromatic hydroxyl groups is 1. The Bertz CT molecular complexity index is 375. The van der Waals surface area contributed by atoms with E-state index in [0.717, 1.165) is 17.5 Å². The summed E-state index contributed by atoms with van der Waals surface area (Å²) in [5.41, 5.74) is 8.90. The molecule has 0 bridgehead atoms. The first-order chi connectivity index (χ1) is 7.27. The molecule has 0 radical (unpaired) electrons. The lowest BCUT2D eigenvalue weighted by Gasteiger charge is -2.24. The molecule has 0 aliphatic carbocycles. The van der Waals surface area contributed by atoms with Gasteiger partial charge < -0.3 is 10.8 Å². The lowest BCUT2D eigenvalue weighted by atomic mass is 9.83. The third-order valence-electron chi connectivity index (χ3n) is 2.91. The summed E-state index contributed by atoms with van der Waals surface area (Å²) in [6.45, 7) is 10.3. The summed E-state index contributed by atoms with van der Waals surface area (Å²) in [6, 6.07) is 3.96. The van der Waals surface area contributed by atoms with Crippen LogP contribution >= 0.6 is 0 Å². The van der Waals surface area contributed by atoms with Gasteiger partial charge in [-0.25, -0.2) is 0 Å². The van der Waals surface area contributed by atoms with E-state index in [9.17, 15) is 5.11 Å². The maximum absolute atomic E-state index is 10.2. The highest BCUT2D eigenvalue weighted by Gasteiger charge is 2.22. The Hall–Kier alpha value is -1.02. The number of nitrogens with two attached hydrogens (primary N) is 1. The van der Waals surface area contributed by atoms with Crippen LogP contribution in [0, 0.1) is 0 Å². The smallest absolute Gasteiger partial charge is 0.124 e. The Morgan fingerprint density at radius 1 is 1.31 bits per heavy atom. The van der Waals surface area contributed by atoms with Crippen molar-refractivity contribution < 1.29 is 5.11 Å². The summed E-state index contributed by atoms with van der Waals surface area (Å²) in [7, 11) is 0. The molecule has 1 atom stereocenters. The Kier molecular flexibility index (Phi) is 3.64. The Labute approximate surface area is 98.5 Å². The van der Waals surface area contributed by atoms with Gasteiger partial charge in [0.25, 0.3) is 0 Å². The molecule has 0 saturated heterocycles. The second kappa shape index (κ2) is 4.46. The molecule has 0 aromatic heterocycles. The molecule has 0 saturated carbocycles.